The molecule has 0 saturated carbocycles. The number of aromatic carboxylic acids is 1. The van der Waals surface area contributed by atoms with Crippen molar-refractivity contribution >= 4 is 11.8 Å². The van der Waals surface area contributed by atoms with E-state index in [0.29, 0.717) is 11.1 Å². The minimum Gasteiger partial charge on any atom is -0.496 e. The van der Waals surface area contributed by atoms with Crippen LogP contribution in [-0.4, -0.2) is 24.0 Å². The summed E-state index contributed by atoms with van der Waals surface area (Å²) in [5, 5.41) is 12.8. The standard InChI is InChI=1S/C15H15FN4O3/c1-23-13-7-12(16)10(6-11(13)15(21)22)8-2-4-9(5-3-8)14(17)19-20-18/h2-7,20H,18H2,1H3,(H2,17,19)(H,21,22). The lowest BCUT2D eigenvalue weighted by molar-refractivity contribution is 0.0693. The lowest BCUT2D eigenvalue weighted by atomic mass is 10.00. The number of hydrogen-bond donors (Lipinski definition) is 4. The van der Waals surface area contributed by atoms with Gasteiger partial charge in [0.25, 0.3) is 0 Å². The Balaban J connectivity index is 2.48. The zero-order chi connectivity index (χ0) is 17.0. The third-order valence-corrected chi connectivity index (χ3v) is 3.20. The molecule has 0 unspecified atom stereocenters. The van der Waals surface area contributed by atoms with E-state index in [0.717, 1.165) is 6.07 Å². The van der Waals surface area contributed by atoms with Gasteiger partial charge in [0.15, 0.2) is 5.84 Å². The maximum atomic E-state index is 14.2. The average molecular weight is 318 g/mol. The van der Waals surface area contributed by atoms with Gasteiger partial charge >= 0.3 is 5.97 Å². The molecule has 2 rings (SSSR count). The normalized spacial score (nSPS) is 11.2. The molecule has 0 fully saturated rings. The van der Waals surface area contributed by atoms with Gasteiger partial charge in [-0.25, -0.2) is 20.6 Å². The number of nitrogens with one attached hydrogen (secondary N) is 1. The molecule has 7 nitrogen and oxygen atoms in total. The van der Waals surface area contributed by atoms with Crippen LogP contribution in [0.15, 0.2) is 41.5 Å². The Hall–Kier alpha value is -3.13. The first-order chi connectivity index (χ1) is 11.0. The van der Waals surface area contributed by atoms with Crippen LogP contribution >= 0.6 is 0 Å². The molecule has 23 heavy (non-hydrogen) atoms. The first-order valence-electron chi connectivity index (χ1n) is 6.48. The Bertz CT molecular complexity index is 760. The number of hydrazine groups is 1. The molecule has 0 aliphatic heterocycles. The van der Waals surface area contributed by atoms with Crippen LogP contribution in [0.1, 0.15) is 15.9 Å². The number of ether oxygens (including phenoxy) is 1. The number of halogens is 1. The predicted octanol–water partition coefficient (Wildman–Crippen LogP) is 1.28. The molecular formula is C15H15FN4O3. The second-order valence-corrected chi connectivity index (χ2v) is 4.54. The van der Waals surface area contributed by atoms with Gasteiger partial charge in [0.2, 0.25) is 0 Å². The zero-order valence-corrected chi connectivity index (χ0v) is 12.2. The molecule has 2 aromatic rings. The summed E-state index contributed by atoms with van der Waals surface area (Å²) in [7, 11) is 1.28. The van der Waals surface area contributed by atoms with Crippen molar-refractivity contribution in [1.82, 2.24) is 5.53 Å². The number of methoxy groups -OCH3 is 1. The summed E-state index contributed by atoms with van der Waals surface area (Å²) in [6.07, 6.45) is 0. The van der Waals surface area contributed by atoms with Crippen molar-refractivity contribution < 1.29 is 19.0 Å². The van der Waals surface area contributed by atoms with Crippen LogP contribution in [0.4, 0.5) is 4.39 Å². The number of carbonyl (C=O) groups is 1. The molecular weight excluding hydrogens is 303 g/mol. The van der Waals surface area contributed by atoms with Crippen LogP contribution in [0.25, 0.3) is 11.1 Å². The fourth-order valence-corrected chi connectivity index (χ4v) is 2.07. The van der Waals surface area contributed by atoms with E-state index >= 15 is 0 Å². The lowest BCUT2D eigenvalue weighted by Crippen LogP contribution is -2.22. The van der Waals surface area contributed by atoms with Gasteiger partial charge in [-0.05, 0) is 11.6 Å². The first-order valence-corrected chi connectivity index (χ1v) is 6.48. The van der Waals surface area contributed by atoms with Gasteiger partial charge in [-0.15, -0.1) is 5.10 Å². The van der Waals surface area contributed by atoms with Gasteiger partial charge in [0.1, 0.15) is 17.1 Å². The molecule has 6 N–H and O–H groups in total. The summed E-state index contributed by atoms with van der Waals surface area (Å²) in [6, 6.07) is 8.71. The van der Waals surface area contributed by atoms with Crippen molar-refractivity contribution in [2.24, 2.45) is 16.7 Å². The molecule has 0 saturated heterocycles. The summed E-state index contributed by atoms with van der Waals surface area (Å²) < 4.78 is 19.1. The van der Waals surface area contributed by atoms with Crippen molar-refractivity contribution in [3.05, 3.63) is 53.3 Å². The van der Waals surface area contributed by atoms with Crippen molar-refractivity contribution in [2.75, 3.05) is 7.11 Å². The number of rotatable bonds is 5. The fourth-order valence-electron chi connectivity index (χ4n) is 2.07. The number of benzene rings is 2. The fraction of sp³-hybridized carbons (Fsp3) is 0.0667. The van der Waals surface area contributed by atoms with Crippen LogP contribution < -0.4 is 21.8 Å². The average Bonchev–Trinajstić information content (AvgIpc) is 2.54. The number of hydrazone groups is 1. The van der Waals surface area contributed by atoms with Crippen molar-refractivity contribution in [3.8, 4) is 16.9 Å². The Kier molecular flexibility index (Phi) is 4.77. The summed E-state index contributed by atoms with van der Waals surface area (Å²) in [4.78, 5) is 11.2. The minimum absolute atomic E-state index is 0.0410. The monoisotopic (exact) mass is 318 g/mol. The quantitative estimate of drug-likeness (QED) is 0.285. The van der Waals surface area contributed by atoms with E-state index in [9.17, 15) is 14.3 Å². The molecule has 120 valence electrons. The second kappa shape index (κ2) is 6.75. The van der Waals surface area contributed by atoms with Crippen LogP contribution in [0.2, 0.25) is 0 Å². The van der Waals surface area contributed by atoms with E-state index in [4.69, 9.17) is 16.3 Å². The van der Waals surface area contributed by atoms with E-state index in [1.165, 1.54) is 13.2 Å². The van der Waals surface area contributed by atoms with E-state index in [1.54, 1.807) is 24.3 Å². The molecule has 0 aliphatic carbocycles. The molecule has 8 heteroatoms. The highest BCUT2D eigenvalue weighted by Crippen LogP contribution is 2.30. The second-order valence-electron chi connectivity index (χ2n) is 4.54. The Morgan fingerprint density at radius 2 is 1.96 bits per heavy atom. The largest absolute Gasteiger partial charge is 0.496 e. The van der Waals surface area contributed by atoms with Crippen LogP contribution in [-0.2, 0) is 0 Å². The molecule has 0 spiro atoms. The van der Waals surface area contributed by atoms with Crippen molar-refractivity contribution in [3.63, 3.8) is 0 Å². The lowest BCUT2D eigenvalue weighted by Gasteiger charge is -2.10. The summed E-state index contributed by atoms with van der Waals surface area (Å²) >= 11 is 0. The molecule has 2 aromatic carbocycles. The van der Waals surface area contributed by atoms with E-state index < -0.39 is 11.8 Å². The Morgan fingerprint density at radius 3 is 2.48 bits per heavy atom. The number of carboxylic acids is 1. The highest BCUT2D eigenvalue weighted by molar-refractivity contribution is 5.98. The highest BCUT2D eigenvalue weighted by atomic mass is 19.1. The van der Waals surface area contributed by atoms with Gasteiger partial charge in [-0.2, -0.15) is 0 Å². The van der Waals surface area contributed by atoms with Crippen LogP contribution in [0, 0.1) is 5.82 Å². The third kappa shape index (κ3) is 3.38. The molecule has 0 atom stereocenters. The number of amidine groups is 1. The molecule has 0 radical (unpaired) electrons. The molecule has 0 heterocycles. The van der Waals surface area contributed by atoms with E-state index in [-0.39, 0.29) is 22.7 Å². The Labute approximate surface area is 131 Å². The highest BCUT2D eigenvalue weighted by Gasteiger charge is 2.17. The Morgan fingerprint density at radius 1 is 1.30 bits per heavy atom. The van der Waals surface area contributed by atoms with Crippen LogP contribution in [0.3, 0.4) is 0 Å². The molecule has 0 aliphatic rings. The topological polar surface area (TPSA) is 123 Å². The van der Waals surface area contributed by atoms with Gasteiger partial charge in [-0.1, -0.05) is 24.3 Å². The predicted molar refractivity (Wildman–Crippen MR) is 83.4 cm³/mol. The smallest absolute Gasteiger partial charge is 0.339 e. The van der Waals surface area contributed by atoms with Gasteiger partial charge < -0.3 is 15.6 Å². The van der Waals surface area contributed by atoms with Gasteiger partial charge in [-0.3, -0.25) is 0 Å². The summed E-state index contributed by atoms with van der Waals surface area (Å²) in [6.45, 7) is 0. The van der Waals surface area contributed by atoms with Gasteiger partial charge in [0, 0.05) is 17.2 Å². The number of hydrogen-bond acceptors (Lipinski definition) is 5. The summed E-state index contributed by atoms with van der Waals surface area (Å²) in [5.41, 5.74) is 8.83. The van der Waals surface area contributed by atoms with E-state index in [1.807, 2.05) is 0 Å². The maximum absolute atomic E-state index is 14.2. The number of carboxylic acid groups (broad SMARTS) is 1. The SMILES string of the molecule is COc1cc(F)c(-c2ccc(/C(N)=N/NN)cc2)cc1C(=O)O. The number of nitrogens with two attached hydrogens (primary N) is 2. The summed E-state index contributed by atoms with van der Waals surface area (Å²) in [5.74, 6) is 3.38. The minimum atomic E-state index is -1.20. The van der Waals surface area contributed by atoms with Crippen molar-refractivity contribution in [1.29, 1.82) is 0 Å². The zero-order valence-electron chi connectivity index (χ0n) is 12.2. The van der Waals surface area contributed by atoms with Gasteiger partial charge in [0.05, 0.1) is 7.11 Å². The molecule has 0 aromatic heterocycles. The van der Waals surface area contributed by atoms with E-state index in [2.05, 4.69) is 10.6 Å². The first kappa shape index (κ1) is 16.2. The molecule has 0 bridgehead atoms. The van der Waals surface area contributed by atoms with Crippen molar-refractivity contribution in [2.45, 2.75) is 0 Å². The third-order valence-electron chi connectivity index (χ3n) is 3.20. The van der Waals surface area contributed by atoms with Crippen LogP contribution in [0.5, 0.6) is 5.75 Å². The maximum Gasteiger partial charge on any atom is 0.339 e. The number of nitrogens with zero attached hydrogens (tertiary/aromatic N) is 1. The molecule has 0 amide bonds.